The van der Waals surface area contributed by atoms with Crippen LogP contribution in [0.15, 0.2) is 84.4 Å². The topological polar surface area (TPSA) is 104 Å². The summed E-state index contributed by atoms with van der Waals surface area (Å²) in [4.78, 5) is 58.9. The van der Waals surface area contributed by atoms with Crippen molar-refractivity contribution in [1.29, 1.82) is 0 Å². The fourth-order valence-corrected chi connectivity index (χ4v) is 8.04. The van der Waals surface area contributed by atoms with Crippen molar-refractivity contribution in [3.05, 3.63) is 95.0 Å². The number of benzene rings is 3. The first-order valence-corrected chi connectivity index (χ1v) is 14.7. The molecular formula is C34H29ClN2O6. The van der Waals surface area contributed by atoms with Crippen molar-refractivity contribution >= 4 is 46.6 Å². The van der Waals surface area contributed by atoms with Crippen molar-refractivity contribution in [2.45, 2.75) is 25.7 Å². The molecule has 6 unspecified atom stereocenters. The van der Waals surface area contributed by atoms with Gasteiger partial charge in [0.2, 0.25) is 23.6 Å². The van der Waals surface area contributed by atoms with Crippen LogP contribution in [-0.4, -0.2) is 35.8 Å². The number of fused-ring (bicyclic) bond motifs is 4. The highest BCUT2D eigenvalue weighted by atomic mass is 35.5. The molecule has 7 rings (SSSR count). The first kappa shape index (κ1) is 27.4. The third-order valence-corrected chi connectivity index (χ3v) is 10.2. The second-order valence-electron chi connectivity index (χ2n) is 11.9. The Kier molecular flexibility index (Phi) is 6.25. The number of aromatic hydroxyl groups is 1. The fourth-order valence-electron chi connectivity index (χ4n) is 7.92. The summed E-state index contributed by atoms with van der Waals surface area (Å²) < 4.78 is 5.48. The van der Waals surface area contributed by atoms with Crippen LogP contribution in [0.1, 0.15) is 31.2 Å². The summed E-state index contributed by atoms with van der Waals surface area (Å²) in [5.41, 5.74) is 0.897. The monoisotopic (exact) mass is 596 g/mol. The van der Waals surface area contributed by atoms with Gasteiger partial charge in [-0.05, 0) is 80.3 Å². The lowest BCUT2D eigenvalue weighted by atomic mass is 9.51. The van der Waals surface area contributed by atoms with Gasteiger partial charge < -0.3 is 9.84 Å². The molecule has 43 heavy (non-hydrogen) atoms. The highest BCUT2D eigenvalue weighted by molar-refractivity contribution is 6.31. The number of phenolic OH excluding ortho intramolecular Hbond substituents is 1. The molecule has 0 bridgehead atoms. The van der Waals surface area contributed by atoms with Crippen molar-refractivity contribution in [3.63, 3.8) is 0 Å². The van der Waals surface area contributed by atoms with Crippen LogP contribution < -0.4 is 14.5 Å². The highest BCUT2D eigenvalue weighted by Gasteiger charge is 2.68. The van der Waals surface area contributed by atoms with E-state index in [0.29, 0.717) is 34.1 Å². The zero-order valence-electron chi connectivity index (χ0n) is 23.6. The number of nitrogens with zero attached hydrogens (tertiary/aromatic N) is 2. The number of carbonyl (C=O) groups is 4. The molecule has 2 aliphatic carbocycles. The summed E-state index contributed by atoms with van der Waals surface area (Å²) in [5.74, 6) is -4.20. The molecule has 2 heterocycles. The van der Waals surface area contributed by atoms with Gasteiger partial charge >= 0.3 is 0 Å². The van der Waals surface area contributed by atoms with Crippen LogP contribution in [0.3, 0.4) is 0 Å². The normalized spacial score (nSPS) is 29.7. The Balaban J connectivity index is 1.39. The van der Waals surface area contributed by atoms with Crippen LogP contribution >= 0.6 is 11.6 Å². The average molecular weight is 597 g/mol. The number of carbonyl (C=O) groups excluding carboxylic acids is 4. The van der Waals surface area contributed by atoms with E-state index in [2.05, 4.69) is 0 Å². The van der Waals surface area contributed by atoms with Crippen molar-refractivity contribution < 1.29 is 29.0 Å². The van der Waals surface area contributed by atoms with Gasteiger partial charge in [-0.2, -0.15) is 0 Å². The number of para-hydroxylation sites is 1. The number of hydrogen-bond donors (Lipinski definition) is 1. The Morgan fingerprint density at radius 3 is 2.26 bits per heavy atom. The molecule has 218 valence electrons. The van der Waals surface area contributed by atoms with E-state index in [4.69, 9.17) is 16.3 Å². The third-order valence-electron chi connectivity index (χ3n) is 9.92. The summed E-state index contributed by atoms with van der Waals surface area (Å²) in [5, 5.41) is 11.7. The number of imide groups is 2. The van der Waals surface area contributed by atoms with Gasteiger partial charge in [-0.1, -0.05) is 41.4 Å². The Hall–Kier alpha value is -4.43. The van der Waals surface area contributed by atoms with E-state index in [1.165, 1.54) is 23.0 Å². The molecule has 0 radical (unpaired) electrons. The van der Waals surface area contributed by atoms with Gasteiger partial charge in [0, 0.05) is 16.5 Å². The number of ether oxygens (including phenoxy) is 1. The van der Waals surface area contributed by atoms with Crippen molar-refractivity contribution in [3.8, 4) is 11.5 Å². The summed E-state index contributed by atoms with van der Waals surface area (Å²) in [6.07, 6.45) is 2.49. The van der Waals surface area contributed by atoms with Gasteiger partial charge in [0.05, 0.1) is 41.7 Å². The van der Waals surface area contributed by atoms with Crippen LogP contribution in [0, 0.1) is 29.1 Å². The minimum Gasteiger partial charge on any atom is -0.508 e. The largest absolute Gasteiger partial charge is 0.508 e. The molecule has 9 heteroatoms. The number of amides is 4. The number of hydrogen-bond acceptors (Lipinski definition) is 6. The van der Waals surface area contributed by atoms with Crippen LogP contribution in [0.5, 0.6) is 11.5 Å². The van der Waals surface area contributed by atoms with E-state index in [1.807, 2.05) is 12.1 Å². The lowest BCUT2D eigenvalue weighted by Crippen LogP contribution is -2.48. The SMILES string of the molecule is COc1ccc(O)c(C2C3=CCC4C(=O)N(c5ccc(Cl)cc5)C(=O)C4C3CC3C(=O)N(c4ccccc4)C(=O)C32C)c1. The highest BCUT2D eigenvalue weighted by Crippen LogP contribution is 2.64. The Morgan fingerprint density at radius 1 is 0.860 bits per heavy atom. The zero-order valence-corrected chi connectivity index (χ0v) is 24.3. The molecule has 4 amide bonds. The van der Waals surface area contributed by atoms with Crippen molar-refractivity contribution in [1.82, 2.24) is 0 Å². The van der Waals surface area contributed by atoms with E-state index in [9.17, 15) is 24.3 Å². The fraction of sp³-hybridized carbons (Fsp3) is 0.294. The van der Waals surface area contributed by atoms with Gasteiger partial charge in [0.25, 0.3) is 0 Å². The number of rotatable bonds is 4. The molecule has 6 atom stereocenters. The number of anilines is 2. The smallest absolute Gasteiger partial charge is 0.241 e. The maximum absolute atomic E-state index is 14.4. The standard InChI is InChI=1S/C34H29ClN2O6/c1-34-26(31(40)37(33(34)42)19-6-4-3-5-7-19)17-24-22(29(34)25-16-21(43-2)12-15-27(25)38)13-14-23-28(24)32(41)36(30(23)39)20-10-8-18(35)9-11-20/h3-13,15-16,23-24,26,28-29,38H,14,17H2,1-2H3. The molecule has 2 aliphatic heterocycles. The van der Waals surface area contributed by atoms with Gasteiger partial charge in [-0.25, -0.2) is 4.90 Å². The van der Waals surface area contributed by atoms with Crippen molar-refractivity contribution in [2.24, 2.45) is 29.1 Å². The molecule has 0 spiro atoms. The second-order valence-corrected chi connectivity index (χ2v) is 12.3. The van der Waals surface area contributed by atoms with E-state index in [1.54, 1.807) is 67.6 Å². The van der Waals surface area contributed by atoms with Gasteiger partial charge in [0.15, 0.2) is 0 Å². The van der Waals surface area contributed by atoms with Crippen LogP contribution in [0.25, 0.3) is 0 Å². The molecule has 3 fully saturated rings. The maximum Gasteiger partial charge on any atom is 0.241 e. The number of halogens is 1. The molecule has 1 saturated carbocycles. The Labute approximate surface area is 253 Å². The van der Waals surface area contributed by atoms with Gasteiger partial charge in [0.1, 0.15) is 11.5 Å². The van der Waals surface area contributed by atoms with Crippen molar-refractivity contribution in [2.75, 3.05) is 16.9 Å². The summed E-state index contributed by atoms with van der Waals surface area (Å²) in [6, 6.07) is 20.2. The predicted octanol–water partition coefficient (Wildman–Crippen LogP) is 5.49. The van der Waals surface area contributed by atoms with E-state index < -0.39 is 35.0 Å². The second kappa shape index (κ2) is 9.81. The first-order valence-electron chi connectivity index (χ1n) is 14.3. The van der Waals surface area contributed by atoms with E-state index in [-0.39, 0.29) is 35.8 Å². The van der Waals surface area contributed by atoms with E-state index >= 15 is 0 Å². The third kappa shape index (κ3) is 3.82. The van der Waals surface area contributed by atoms with Gasteiger partial charge in [-0.15, -0.1) is 0 Å². The van der Waals surface area contributed by atoms with Crippen LogP contribution in [0.2, 0.25) is 5.02 Å². The molecular weight excluding hydrogens is 568 g/mol. The zero-order chi connectivity index (χ0) is 30.2. The average Bonchev–Trinajstić information content (AvgIpc) is 3.38. The van der Waals surface area contributed by atoms with Crippen LogP contribution in [-0.2, 0) is 19.2 Å². The number of methoxy groups -OCH3 is 1. The Morgan fingerprint density at radius 2 is 1.56 bits per heavy atom. The summed E-state index contributed by atoms with van der Waals surface area (Å²) in [7, 11) is 1.52. The minimum atomic E-state index is -1.26. The number of phenols is 1. The first-order chi connectivity index (χ1) is 20.7. The number of allylic oxidation sites excluding steroid dienone is 2. The Bertz CT molecular complexity index is 1720. The lowest BCUT2D eigenvalue weighted by molar-refractivity contribution is -0.131. The quantitative estimate of drug-likeness (QED) is 0.316. The lowest BCUT2D eigenvalue weighted by Gasteiger charge is -2.49. The molecule has 4 aliphatic rings. The summed E-state index contributed by atoms with van der Waals surface area (Å²) in [6.45, 7) is 1.79. The molecule has 2 saturated heterocycles. The molecule has 8 nitrogen and oxygen atoms in total. The molecule has 3 aromatic rings. The summed E-state index contributed by atoms with van der Waals surface area (Å²) >= 11 is 6.07. The molecule has 0 aromatic heterocycles. The van der Waals surface area contributed by atoms with E-state index in [0.717, 1.165) is 5.57 Å². The molecule has 3 aromatic carbocycles. The molecule has 1 N–H and O–H groups in total. The minimum absolute atomic E-state index is 0.0375. The predicted molar refractivity (Wildman–Crippen MR) is 160 cm³/mol. The van der Waals surface area contributed by atoms with Crippen LogP contribution in [0.4, 0.5) is 11.4 Å². The maximum atomic E-state index is 14.4. The van der Waals surface area contributed by atoms with Gasteiger partial charge in [-0.3, -0.25) is 24.1 Å².